The van der Waals surface area contributed by atoms with Crippen molar-refractivity contribution in [2.75, 3.05) is 6.54 Å². The maximum Gasteiger partial charge on any atom is 0.321 e. The molecule has 6 rings (SSSR count). The van der Waals surface area contributed by atoms with Crippen molar-refractivity contribution in [1.29, 1.82) is 0 Å². The number of nitrogens with one attached hydrogen (secondary N) is 1. The van der Waals surface area contributed by atoms with Gasteiger partial charge in [-0.15, -0.1) is 11.3 Å². The Morgan fingerprint density at radius 1 is 1.16 bits per heavy atom. The minimum absolute atomic E-state index is 0.0792. The minimum Gasteiger partial charge on any atom is -0.474 e. The lowest BCUT2D eigenvalue weighted by atomic mass is 9.93. The van der Waals surface area contributed by atoms with E-state index in [-0.39, 0.29) is 31.2 Å². The van der Waals surface area contributed by atoms with E-state index in [0.717, 1.165) is 29.7 Å². The van der Waals surface area contributed by atoms with Crippen LogP contribution in [0.4, 0.5) is 4.79 Å². The molecule has 0 spiro atoms. The first kappa shape index (κ1) is 29.9. The summed E-state index contributed by atoms with van der Waals surface area (Å²) in [6.07, 6.45) is 7.15. The molecule has 11 nitrogen and oxygen atoms in total. The predicted molar refractivity (Wildman–Crippen MR) is 165 cm³/mol. The number of para-hydroxylation sites is 1. The quantitative estimate of drug-likeness (QED) is 0.316. The minimum atomic E-state index is -0.978. The van der Waals surface area contributed by atoms with Gasteiger partial charge in [-0.3, -0.25) is 14.5 Å². The standard InChI is InChI=1S/C32H36N6O5S/c1-18(2)25-16-44-29(35-25)26-34-24-11-7-6-10-21(24)28(36-26)43-20-13-22-23(14-20)30(41)38(31(33)42)12-8-4-3-5-9-19-15-32(19,17-39)37-27(22)40/h5-7,9-11,16-20,22-23H,3-4,8,12-15H2,1-2H3,(H2,33,42)(H,37,40)/b9-5+. The number of amides is 4. The molecule has 0 saturated heterocycles. The maximum absolute atomic E-state index is 13.8. The van der Waals surface area contributed by atoms with E-state index >= 15 is 0 Å². The van der Waals surface area contributed by atoms with Gasteiger partial charge in [-0.25, -0.2) is 14.8 Å². The van der Waals surface area contributed by atoms with Crippen molar-refractivity contribution in [3.05, 3.63) is 47.5 Å². The summed E-state index contributed by atoms with van der Waals surface area (Å²) in [6, 6.07) is 6.64. The molecule has 12 heteroatoms. The van der Waals surface area contributed by atoms with Gasteiger partial charge in [0.1, 0.15) is 17.9 Å². The van der Waals surface area contributed by atoms with Crippen molar-refractivity contribution >= 4 is 46.4 Å². The smallest absolute Gasteiger partial charge is 0.321 e. The fourth-order valence-electron chi connectivity index (χ4n) is 6.19. The average Bonchev–Trinajstić information content (AvgIpc) is 3.32. The zero-order valence-corrected chi connectivity index (χ0v) is 25.6. The number of aromatic nitrogens is 3. The molecule has 0 radical (unpaired) electrons. The molecule has 3 heterocycles. The number of hydrogen-bond donors (Lipinski definition) is 2. The molecule has 2 fully saturated rings. The molecule has 230 valence electrons. The summed E-state index contributed by atoms with van der Waals surface area (Å²) >= 11 is 1.46. The van der Waals surface area contributed by atoms with Crippen LogP contribution in [0, 0.1) is 17.8 Å². The number of fused-ring (bicyclic) bond motifs is 3. The first-order valence-corrected chi connectivity index (χ1v) is 16.0. The van der Waals surface area contributed by atoms with E-state index in [1.54, 1.807) is 0 Å². The van der Waals surface area contributed by atoms with E-state index in [2.05, 4.69) is 19.2 Å². The molecule has 3 aliphatic rings. The largest absolute Gasteiger partial charge is 0.474 e. The van der Waals surface area contributed by atoms with E-state index in [4.69, 9.17) is 25.4 Å². The first-order valence-electron chi connectivity index (χ1n) is 15.1. The normalized spacial score (nSPS) is 28.1. The Bertz CT molecular complexity index is 1640. The number of nitrogens with two attached hydrogens (primary N) is 1. The monoisotopic (exact) mass is 616 g/mol. The molecule has 2 aromatic heterocycles. The fraction of sp³-hybridized carbons (Fsp3) is 0.469. The van der Waals surface area contributed by atoms with Gasteiger partial charge in [0.2, 0.25) is 17.7 Å². The van der Waals surface area contributed by atoms with Crippen LogP contribution in [-0.4, -0.2) is 62.2 Å². The number of rotatable bonds is 5. The van der Waals surface area contributed by atoms with Gasteiger partial charge in [0.25, 0.3) is 0 Å². The zero-order valence-electron chi connectivity index (χ0n) is 24.8. The van der Waals surface area contributed by atoms with Crippen molar-refractivity contribution < 1.29 is 23.9 Å². The molecule has 44 heavy (non-hydrogen) atoms. The SMILES string of the molecule is CC(C)c1csc(-c2nc(OC3CC4C(=O)NC5(C=O)CC5/C=C/CCCCN(C(N)=O)C(=O)C4C3)c3ccccc3n2)n1. The molecule has 2 aliphatic carbocycles. The first-order chi connectivity index (χ1) is 21.2. The number of allylic oxidation sites excluding steroid dienone is 1. The van der Waals surface area contributed by atoms with E-state index in [1.807, 2.05) is 41.8 Å². The molecule has 0 bridgehead atoms. The summed E-state index contributed by atoms with van der Waals surface area (Å²) in [5, 5.41) is 6.28. The lowest BCUT2D eigenvalue weighted by Gasteiger charge is -2.26. The third-order valence-corrected chi connectivity index (χ3v) is 9.71. The van der Waals surface area contributed by atoms with Gasteiger partial charge < -0.3 is 20.6 Å². The topological polar surface area (TPSA) is 157 Å². The highest BCUT2D eigenvalue weighted by Gasteiger charge is 2.56. The fourth-order valence-corrected chi connectivity index (χ4v) is 7.10. The Balaban J connectivity index is 1.32. The van der Waals surface area contributed by atoms with Crippen LogP contribution in [0.15, 0.2) is 41.8 Å². The van der Waals surface area contributed by atoms with Crippen molar-refractivity contribution in [3.63, 3.8) is 0 Å². The van der Waals surface area contributed by atoms with Gasteiger partial charge in [0.15, 0.2) is 10.8 Å². The number of ether oxygens (including phenoxy) is 1. The van der Waals surface area contributed by atoms with Crippen LogP contribution in [0.1, 0.15) is 64.0 Å². The van der Waals surface area contributed by atoms with Gasteiger partial charge in [-0.1, -0.05) is 38.1 Å². The number of imide groups is 1. The van der Waals surface area contributed by atoms with E-state index < -0.39 is 41.3 Å². The Hall–Kier alpha value is -4.19. The number of nitrogens with zero attached hydrogens (tertiary/aromatic N) is 4. The van der Waals surface area contributed by atoms with E-state index in [9.17, 15) is 19.2 Å². The lowest BCUT2D eigenvalue weighted by molar-refractivity contribution is -0.139. The second kappa shape index (κ2) is 12.1. The highest BCUT2D eigenvalue weighted by Crippen LogP contribution is 2.45. The van der Waals surface area contributed by atoms with Gasteiger partial charge in [-0.05, 0) is 56.6 Å². The number of thiazole rings is 1. The number of carbonyl (C=O) groups excluding carboxylic acids is 4. The highest BCUT2D eigenvalue weighted by atomic mass is 32.1. The van der Waals surface area contributed by atoms with Crippen LogP contribution >= 0.6 is 11.3 Å². The van der Waals surface area contributed by atoms with Crippen LogP contribution in [0.2, 0.25) is 0 Å². The Morgan fingerprint density at radius 2 is 1.95 bits per heavy atom. The van der Waals surface area contributed by atoms with Gasteiger partial charge in [0.05, 0.1) is 28.4 Å². The average molecular weight is 617 g/mol. The van der Waals surface area contributed by atoms with Gasteiger partial charge in [0, 0.05) is 17.8 Å². The third kappa shape index (κ3) is 5.82. The Kier molecular flexibility index (Phi) is 8.19. The molecule has 3 aromatic rings. The Labute approximate surface area is 259 Å². The summed E-state index contributed by atoms with van der Waals surface area (Å²) in [5.74, 6) is -1.64. The number of urea groups is 1. The summed E-state index contributed by atoms with van der Waals surface area (Å²) < 4.78 is 6.49. The summed E-state index contributed by atoms with van der Waals surface area (Å²) in [6.45, 7) is 4.32. The number of benzene rings is 1. The second-order valence-corrected chi connectivity index (χ2v) is 13.1. The molecule has 2 saturated carbocycles. The molecular formula is C32H36N6O5S. The van der Waals surface area contributed by atoms with Crippen molar-refractivity contribution in [2.24, 2.45) is 23.5 Å². The third-order valence-electron chi connectivity index (χ3n) is 8.85. The van der Waals surface area contributed by atoms with Gasteiger partial charge in [-0.2, -0.15) is 4.98 Å². The van der Waals surface area contributed by atoms with Crippen LogP contribution in [0.3, 0.4) is 0 Å². The number of hydrogen-bond acceptors (Lipinski definition) is 9. The highest BCUT2D eigenvalue weighted by molar-refractivity contribution is 7.13. The lowest BCUT2D eigenvalue weighted by Crippen LogP contribution is -2.49. The zero-order chi connectivity index (χ0) is 31.0. The summed E-state index contributed by atoms with van der Waals surface area (Å²) in [4.78, 5) is 67.2. The van der Waals surface area contributed by atoms with E-state index in [0.29, 0.717) is 40.5 Å². The van der Waals surface area contributed by atoms with Crippen LogP contribution in [-0.2, 0) is 14.4 Å². The Morgan fingerprint density at radius 3 is 2.70 bits per heavy atom. The van der Waals surface area contributed by atoms with Crippen LogP contribution < -0.4 is 15.8 Å². The molecule has 4 amide bonds. The summed E-state index contributed by atoms with van der Waals surface area (Å²) in [5.41, 5.74) is 6.30. The molecule has 1 aliphatic heterocycles. The molecule has 1 aromatic carbocycles. The molecule has 5 unspecified atom stereocenters. The van der Waals surface area contributed by atoms with Crippen LogP contribution in [0.5, 0.6) is 5.88 Å². The second-order valence-electron chi connectivity index (χ2n) is 12.2. The maximum atomic E-state index is 13.8. The van der Waals surface area contributed by atoms with Crippen molar-refractivity contribution in [2.45, 2.75) is 69.9 Å². The molecule has 5 atom stereocenters. The van der Waals surface area contributed by atoms with Crippen LogP contribution in [0.25, 0.3) is 21.7 Å². The van der Waals surface area contributed by atoms with Crippen molar-refractivity contribution in [1.82, 2.24) is 25.2 Å². The number of primary amides is 1. The number of carbonyl (C=O) groups is 4. The van der Waals surface area contributed by atoms with E-state index in [1.165, 1.54) is 11.3 Å². The van der Waals surface area contributed by atoms with Crippen molar-refractivity contribution in [3.8, 4) is 16.7 Å². The summed E-state index contributed by atoms with van der Waals surface area (Å²) in [7, 11) is 0. The molecular weight excluding hydrogens is 580 g/mol. The van der Waals surface area contributed by atoms with Gasteiger partial charge >= 0.3 is 6.03 Å². The molecule has 3 N–H and O–H groups in total. The number of aldehydes is 1. The predicted octanol–water partition coefficient (Wildman–Crippen LogP) is 4.37.